The molecule has 0 aromatic heterocycles. The number of unbranched alkanes of at least 4 members (excludes halogenated alkanes) is 3. The van der Waals surface area contributed by atoms with Gasteiger partial charge in [-0.2, -0.15) is 0 Å². The SMILES string of the molecule is CCCCCC1(O)CC2=C(CC(CCCC)CC3=C1C(=O)OC3=O)C(=O)OC2=O. The highest BCUT2D eigenvalue weighted by molar-refractivity contribution is 6.15. The molecule has 0 aromatic carbocycles. The molecule has 0 amide bonds. The number of aliphatic hydroxyl groups is 1. The van der Waals surface area contributed by atoms with E-state index >= 15 is 0 Å². The Labute approximate surface area is 170 Å². The Hall–Kier alpha value is -2.28. The second kappa shape index (κ2) is 8.61. The molecule has 2 heterocycles. The lowest BCUT2D eigenvalue weighted by molar-refractivity contribution is -0.154. The Bertz CT molecular complexity index is 804. The van der Waals surface area contributed by atoms with Crippen LogP contribution in [0.5, 0.6) is 0 Å². The highest BCUT2D eigenvalue weighted by Gasteiger charge is 2.50. The van der Waals surface area contributed by atoms with Crippen molar-refractivity contribution in [2.45, 2.75) is 83.7 Å². The molecule has 1 N–H and O–H groups in total. The molecule has 0 aromatic rings. The van der Waals surface area contributed by atoms with E-state index in [2.05, 4.69) is 0 Å². The van der Waals surface area contributed by atoms with Crippen LogP contribution in [0.15, 0.2) is 22.3 Å². The smallest absolute Gasteiger partial charge is 0.345 e. The minimum absolute atomic E-state index is 0.0407. The van der Waals surface area contributed by atoms with Crippen molar-refractivity contribution in [2.75, 3.05) is 0 Å². The summed E-state index contributed by atoms with van der Waals surface area (Å²) in [5.41, 5.74) is -1.20. The van der Waals surface area contributed by atoms with Gasteiger partial charge in [-0.25, -0.2) is 19.2 Å². The van der Waals surface area contributed by atoms with Crippen LogP contribution in [-0.4, -0.2) is 34.6 Å². The van der Waals surface area contributed by atoms with Gasteiger partial charge in [0.15, 0.2) is 0 Å². The van der Waals surface area contributed by atoms with Crippen molar-refractivity contribution in [3.63, 3.8) is 0 Å². The van der Waals surface area contributed by atoms with Crippen LogP contribution in [0, 0.1) is 5.92 Å². The topological polar surface area (TPSA) is 107 Å². The molecule has 7 heteroatoms. The van der Waals surface area contributed by atoms with Gasteiger partial charge in [0.2, 0.25) is 0 Å². The third kappa shape index (κ3) is 4.20. The maximum atomic E-state index is 12.5. The Kier molecular flexibility index (Phi) is 6.36. The number of cyclic esters (lactones) is 4. The molecular formula is C22H28O7. The number of esters is 4. The molecule has 3 aliphatic rings. The highest BCUT2D eigenvalue weighted by atomic mass is 16.6. The first-order chi connectivity index (χ1) is 13.8. The van der Waals surface area contributed by atoms with Crippen molar-refractivity contribution in [1.29, 1.82) is 0 Å². The van der Waals surface area contributed by atoms with E-state index < -0.39 is 29.5 Å². The van der Waals surface area contributed by atoms with Crippen LogP contribution in [-0.2, 0) is 28.7 Å². The normalized spacial score (nSPS) is 27.3. The van der Waals surface area contributed by atoms with Crippen LogP contribution in [0.3, 0.4) is 0 Å². The van der Waals surface area contributed by atoms with Crippen LogP contribution in [0.1, 0.15) is 78.1 Å². The van der Waals surface area contributed by atoms with E-state index in [1.54, 1.807) is 0 Å². The molecule has 0 saturated carbocycles. The van der Waals surface area contributed by atoms with E-state index in [9.17, 15) is 24.3 Å². The van der Waals surface area contributed by atoms with Gasteiger partial charge >= 0.3 is 23.9 Å². The van der Waals surface area contributed by atoms with Crippen molar-refractivity contribution in [3.05, 3.63) is 22.3 Å². The summed E-state index contributed by atoms with van der Waals surface area (Å²) in [6.45, 7) is 4.05. The van der Waals surface area contributed by atoms with E-state index in [4.69, 9.17) is 9.47 Å². The molecule has 0 fully saturated rings. The zero-order valence-corrected chi connectivity index (χ0v) is 17.0. The summed E-state index contributed by atoms with van der Waals surface area (Å²) >= 11 is 0. The van der Waals surface area contributed by atoms with Crippen molar-refractivity contribution < 1.29 is 33.8 Å². The fraction of sp³-hybridized carbons (Fsp3) is 0.636. The third-order valence-electron chi connectivity index (χ3n) is 6.06. The number of carbonyl (C=O) groups is 4. The zero-order chi connectivity index (χ0) is 21.2. The van der Waals surface area contributed by atoms with E-state index in [-0.39, 0.29) is 53.9 Å². The second-order valence-corrected chi connectivity index (χ2v) is 8.25. The molecule has 0 spiro atoms. The molecule has 0 saturated heterocycles. The molecule has 7 nitrogen and oxygen atoms in total. The molecular weight excluding hydrogens is 376 g/mol. The van der Waals surface area contributed by atoms with E-state index in [0.717, 1.165) is 32.1 Å². The van der Waals surface area contributed by atoms with Gasteiger partial charge in [-0.05, 0) is 31.6 Å². The third-order valence-corrected chi connectivity index (χ3v) is 6.06. The Balaban J connectivity index is 2.10. The predicted octanol–water partition coefficient (Wildman–Crippen LogP) is 3.05. The van der Waals surface area contributed by atoms with Crippen molar-refractivity contribution in [1.82, 2.24) is 0 Å². The Morgan fingerprint density at radius 2 is 1.41 bits per heavy atom. The summed E-state index contributed by atoms with van der Waals surface area (Å²) in [4.78, 5) is 49.6. The van der Waals surface area contributed by atoms with Crippen LogP contribution in [0.4, 0.5) is 0 Å². The fourth-order valence-electron chi connectivity index (χ4n) is 4.53. The van der Waals surface area contributed by atoms with Crippen LogP contribution in [0.25, 0.3) is 0 Å². The lowest BCUT2D eigenvalue weighted by Crippen LogP contribution is -2.36. The van der Waals surface area contributed by atoms with Gasteiger partial charge in [-0.3, -0.25) is 0 Å². The molecule has 29 heavy (non-hydrogen) atoms. The quantitative estimate of drug-likeness (QED) is 0.395. The lowest BCUT2D eigenvalue weighted by atomic mass is 9.80. The van der Waals surface area contributed by atoms with E-state index in [0.29, 0.717) is 6.42 Å². The second-order valence-electron chi connectivity index (χ2n) is 8.25. The first-order valence-electron chi connectivity index (χ1n) is 10.5. The van der Waals surface area contributed by atoms with Crippen LogP contribution >= 0.6 is 0 Å². The minimum Gasteiger partial charge on any atom is -0.386 e. The summed E-state index contributed by atoms with van der Waals surface area (Å²) in [6.07, 6.45) is 5.35. The summed E-state index contributed by atoms with van der Waals surface area (Å²) in [5.74, 6) is -3.15. The summed E-state index contributed by atoms with van der Waals surface area (Å²) in [5, 5.41) is 11.5. The number of hydrogen-bond acceptors (Lipinski definition) is 7. The van der Waals surface area contributed by atoms with Gasteiger partial charge in [-0.15, -0.1) is 0 Å². The molecule has 2 atom stereocenters. The Morgan fingerprint density at radius 1 is 0.828 bits per heavy atom. The Morgan fingerprint density at radius 3 is 2.10 bits per heavy atom. The number of carbonyl (C=O) groups excluding carboxylic acids is 4. The van der Waals surface area contributed by atoms with Crippen molar-refractivity contribution in [2.24, 2.45) is 5.92 Å². The number of hydrogen-bond donors (Lipinski definition) is 1. The summed E-state index contributed by atoms with van der Waals surface area (Å²) in [7, 11) is 0. The van der Waals surface area contributed by atoms with Gasteiger partial charge in [0, 0.05) is 12.0 Å². The highest BCUT2D eigenvalue weighted by Crippen LogP contribution is 2.44. The van der Waals surface area contributed by atoms with Gasteiger partial charge in [-0.1, -0.05) is 46.0 Å². The largest absolute Gasteiger partial charge is 0.386 e. The lowest BCUT2D eigenvalue weighted by Gasteiger charge is -2.28. The van der Waals surface area contributed by atoms with Gasteiger partial charge in [0.05, 0.1) is 16.7 Å². The van der Waals surface area contributed by atoms with Gasteiger partial charge in [0.1, 0.15) is 5.60 Å². The summed E-state index contributed by atoms with van der Waals surface area (Å²) < 4.78 is 9.69. The van der Waals surface area contributed by atoms with Crippen LogP contribution < -0.4 is 0 Å². The fourth-order valence-corrected chi connectivity index (χ4v) is 4.53. The average molecular weight is 404 g/mol. The number of ether oxygens (including phenoxy) is 2. The van der Waals surface area contributed by atoms with Gasteiger partial charge < -0.3 is 14.6 Å². The molecule has 2 aliphatic heterocycles. The first-order valence-corrected chi connectivity index (χ1v) is 10.5. The zero-order valence-electron chi connectivity index (χ0n) is 17.0. The van der Waals surface area contributed by atoms with Crippen molar-refractivity contribution in [3.8, 4) is 0 Å². The standard InChI is InChI=1S/C22H28O7/c1-3-5-7-9-22(27)12-16-14(18(23)28-20(16)25)10-13(8-6-4-2)11-15-17(22)21(26)29-19(15)24/h13,27H,3-12H2,1-2H3. The molecule has 0 radical (unpaired) electrons. The minimum atomic E-state index is -1.74. The van der Waals surface area contributed by atoms with Crippen molar-refractivity contribution >= 4 is 23.9 Å². The first kappa shape index (κ1) is 21.4. The monoisotopic (exact) mass is 404 g/mol. The molecule has 0 bridgehead atoms. The average Bonchev–Trinajstić information content (AvgIpc) is 3.10. The maximum absolute atomic E-state index is 12.5. The van der Waals surface area contributed by atoms with Gasteiger partial charge in [0.25, 0.3) is 0 Å². The maximum Gasteiger partial charge on any atom is 0.345 e. The van der Waals surface area contributed by atoms with E-state index in [1.165, 1.54) is 0 Å². The van der Waals surface area contributed by atoms with Crippen LogP contribution in [0.2, 0.25) is 0 Å². The molecule has 158 valence electrons. The number of rotatable bonds is 7. The predicted molar refractivity (Wildman–Crippen MR) is 102 cm³/mol. The molecule has 3 rings (SSSR count). The molecule has 2 unspecified atom stereocenters. The molecule has 1 aliphatic carbocycles. The summed E-state index contributed by atoms with van der Waals surface area (Å²) in [6, 6.07) is 0. The van der Waals surface area contributed by atoms with E-state index in [1.807, 2.05) is 13.8 Å².